The van der Waals surface area contributed by atoms with Gasteiger partial charge in [-0.2, -0.15) is 13.2 Å². The van der Waals surface area contributed by atoms with Gasteiger partial charge in [-0.3, -0.25) is 0 Å². The largest absolute Gasteiger partial charge is 0.416 e. The summed E-state index contributed by atoms with van der Waals surface area (Å²) in [5.41, 5.74) is 4.74. The molecule has 20 heavy (non-hydrogen) atoms. The zero-order valence-electron chi connectivity index (χ0n) is 11.2. The Morgan fingerprint density at radius 3 is 2.35 bits per heavy atom. The van der Waals surface area contributed by atoms with Crippen LogP contribution in [0.4, 0.5) is 18.9 Å². The third kappa shape index (κ3) is 5.77. The topological polar surface area (TPSA) is 53.7 Å². The molecule has 0 aliphatic rings. The summed E-state index contributed by atoms with van der Waals surface area (Å²) in [4.78, 5) is 0. The lowest BCUT2D eigenvalue weighted by atomic mass is 10.1. The van der Waals surface area contributed by atoms with E-state index in [0.717, 1.165) is 6.07 Å². The van der Waals surface area contributed by atoms with E-state index in [9.17, 15) is 13.2 Å². The lowest BCUT2D eigenvalue weighted by Gasteiger charge is -2.14. The second kappa shape index (κ2) is 8.08. The van der Waals surface area contributed by atoms with Gasteiger partial charge < -0.3 is 19.9 Å². The number of benzene rings is 1. The molecular formula is C13H18F3NO3. The van der Waals surface area contributed by atoms with Gasteiger partial charge in [0.1, 0.15) is 0 Å². The molecule has 0 radical (unpaired) electrons. The van der Waals surface area contributed by atoms with Gasteiger partial charge in [0.15, 0.2) is 0 Å². The van der Waals surface area contributed by atoms with Crippen LogP contribution in [0.1, 0.15) is 11.1 Å². The molecular weight excluding hydrogens is 275 g/mol. The number of nitrogen functional groups attached to an aromatic ring is 1. The Balaban J connectivity index is 2.44. The highest BCUT2D eigenvalue weighted by Gasteiger charge is 2.33. The molecule has 0 heterocycles. The number of alkyl halides is 3. The number of hydrogen-bond donors (Lipinski definition) is 1. The van der Waals surface area contributed by atoms with E-state index >= 15 is 0 Å². The lowest BCUT2D eigenvalue weighted by molar-refractivity contribution is -0.138. The fourth-order valence-electron chi connectivity index (χ4n) is 1.53. The van der Waals surface area contributed by atoms with Crippen molar-refractivity contribution in [3.63, 3.8) is 0 Å². The second-order valence-corrected chi connectivity index (χ2v) is 4.07. The molecule has 2 N–H and O–H groups in total. The summed E-state index contributed by atoms with van der Waals surface area (Å²) in [6, 6.07) is 3.65. The van der Waals surface area contributed by atoms with Crippen molar-refractivity contribution >= 4 is 5.69 Å². The molecule has 4 nitrogen and oxygen atoms in total. The maximum atomic E-state index is 12.8. The van der Waals surface area contributed by atoms with Gasteiger partial charge in [0.05, 0.1) is 38.6 Å². The van der Waals surface area contributed by atoms with E-state index < -0.39 is 11.7 Å². The van der Waals surface area contributed by atoms with Crippen LogP contribution in [0.2, 0.25) is 0 Å². The Bertz CT molecular complexity index is 410. The summed E-state index contributed by atoms with van der Waals surface area (Å²) >= 11 is 0. The first-order valence-corrected chi connectivity index (χ1v) is 6.05. The van der Waals surface area contributed by atoms with Crippen LogP contribution in [-0.2, 0) is 27.0 Å². The van der Waals surface area contributed by atoms with Crippen LogP contribution in [0.15, 0.2) is 18.2 Å². The third-order valence-corrected chi connectivity index (χ3v) is 2.50. The predicted molar refractivity (Wildman–Crippen MR) is 68.2 cm³/mol. The molecule has 7 heteroatoms. The van der Waals surface area contributed by atoms with Crippen molar-refractivity contribution in [3.05, 3.63) is 29.3 Å². The highest BCUT2D eigenvalue weighted by Crippen LogP contribution is 2.33. The Labute approximate surface area is 115 Å². The molecule has 1 aromatic rings. The van der Waals surface area contributed by atoms with E-state index in [1.165, 1.54) is 12.1 Å². The molecule has 0 saturated heterocycles. The average molecular weight is 293 g/mol. The van der Waals surface area contributed by atoms with E-state index in [1.54, 1.807) is 7.11 Å². The minimum Gasteiger partial charge on any atom is -0.399 e. The highest BCUT2D eigenvalue weighted by molar-refractivity contribution is 5.45. The predicted octanol–water partition coefficient (Wildman–Crippen LogP) is 2.47. The van der Waals surface area contributed by atoms with Crippen molar-refractivity contribution in [2.75, 3.05) is 39.3 Å². The maximum absolute atomic E-state index is 12.8. The molecule has 0 unspecified atom stereocenters. The Morgan fingerprint density at radius 1 is 1.05 bits per heavy atom. The number of hydrogen-bond acceptors (Lipinski definition) is 4. The fourth-order valence-corrected chi connectivity index (χ4v) is 1.53. The molecule has 0 amide bonds. The van der Waals surface area contributed by atoms with Crippen LogP contribution >= 0.6 is 0 Å². The summed E-state index contributed by atoms with van der Waals surface area (Å²) < 4.78 is 53.5. The number of halogens is 3. The summed E-state index contributed by atoms with van der Waals surface area (Å²) in [7, 11) is 1.56. The van der Waals surface area contributed by atoms with Crippen LogP contribution in [0.25, 0.3) is 0 Å². The van der Waals surface area contributed by atoms with Crippen LogP contribution in [-0.4, -0.2) is 33.5 Å². The summed E-state index contributed by atoms with van der Waals surface area (Å²) in [5, 5.41) is 0. The summed E-state index contributed by atoms with van der Waals surface area (Å²) in [5.74, 6) is 0. The first-order chi connectivity index (χ1) is 9.45. The normalized spacial score (nSPS) is 11.8. The van der Waals surface area contributed by atoms with Gasteiger partial charge >= 0.3 is 6.18 Å². The van der Waals surface area contributed by atoms with Crippen molar-refractivity contribution in [1.29, 1.82) is 0 Å². The monoisotopic (exact) mass is 293 g/mol. The number of anilines is 1. The number of ether oxygens (including phenoxy) is 3. The van der Waals surface area contributed by atoms with Crippen LogP contribution in [0.5, 0.6) is 0 Å². The summed E-state index contributed by atoms with van der Waals surface area (Å²) in [6.45, 7) is 1.28. The fraction of sp³-hybridized carbons (Fsp3) is 0.538. The van der Waals surface area contributed by atoms with Crippen LogP contribution in [0.3, 0.4) is 0 Å². The van der Waals surface area contributed by atoms with Gasteiger partial charge in [-0.05, 0) is 17.7 Å². The smallest absolute Gasteiger partial charge is 0.399 e. The van der Waals surface area contributed by atoms with Gasteiger partial charge in [0.2, 0.25) is 0 Å². The molecule has 114 valence electrons. The molecule has 0 spiro atoms. The minimum absolute atomic E-state index is 0.0589. The van der Waals surface area contributed by atoms with Crippen LogP contribution in [0, 0.1) is 0 Å². The summed E-state index contributed by atoms with van der Waals surface area (Å²) in [6.07, 6.45) is -4.44. The minimum atomic E-state index is -4.44. The van der Waals surface area contributed by atoms with Gasteiger partial charge in [-0.1, -0.05) is 6.07 Å². The Morgan fingerprint density at radius 2 is 1.70 bits per heavy atom. The molecule has 1 rings (SSSR count). The average Bonchev–Trinajstić information content (AvgIpc) is 2.38. The van der Waals surface area contributed by atoms with Gasteiger partial charge in [-0.15, -0.1) is 0 Å². The van der Waals surface area contributed by atoms with Crippen molar-refractivity contribution in [2.45, 2.75) is 12.8 Å². The zero-order valence-corrected chi connectivity index (χ0v) is 11.2. The quantitative estimate of drug-likeness (QED) is 0.591. The molecule has 0 aromatic heterocycles. The van der Waals surface area contributed by atoms with E-state index in [1.807, 2.05) is 0 Å². The number of rotatable bonds is 8. The zero-order chi connectivity index (χ0) is 15.0. The lowest BCUT2D eigenvalue weighted by Crippen LogP contribution is -2.12. The van der Waals surface area contributed by atoms with Crippen molar-refractivity contribution in [2.24, 2.45) is 0 Å². The van der Waals surface area contributed by atoms with Gasteiger partial charge in [-0.25, -0.2) is 0 Å². The second-order valence-electron chi connectivity index (χ2n) is 4.07. The van der Waals surface area contributed by atoms with Crippen LogP contribution < -0.4 is 5.73 Å². The molecule has 0 fully saturated rings. The van der Waals surface area contributed by atoms with E-state index in [4.69, 9.17) is 19.9 Å². The van der Waals surface area contributed by atoms with E-state index in [0.29, 0.717) is 19.8 Å². The molecule has 0 aliphatic carbocycles. The first-order valence-electron chi connectivity index (χ1n) is 6.05. The first kappa shape index (κ1) is 16.7. The Kier molecular flexibility index (Phi) is 6.77. The molecule has 0 bridgehead atoms. The Hall–Kier alpha value is -1.31. The number of methoxy groups -OCH3 is 1. The van der Waals surface area contributed by atoms with Crippen molar-refractivity contribution < 1.29 is 27.4 Å². The number of nitrogens with two attached hydrogens (primary N) is 1. The van der Waals surface area contributed by atoms with Gasteiger partial charge in [0.25, 0.3) is 0 Å². The third-order valence-electron chi connectivity index (χ3n) is 2.50. The molecule has 0 saturated carbocycles. The van der Waals surface area contributed by atoms with Crippen molar-refractivity contribution in [3.8, 4) is 0 Å². The van der Waals surface area contributed by atoms with E-state index in [2.05, 4.69) is 0 Å². The molecule has 1 aromatic carbocycles. The van der Waals surface area contributed by atoms with Crippen molar-refractivity contribution in [1.82, 2.24) is 0 Å². The SMILES string of the molecule is COCCOCCOCc1ccc(N)cc1C(F)(F)F. The van der Waals surface area contributed by atoms with Gasteiger partial charge in [0, 0.05) is 12.8 Å². The van der Waals surface area contributed by atoms with E-state index in [-0.39, 0.29) is 24.5 Å². The molecule has 0 atom stereocenters. The molecule has 0 aliphatic heterocycles. The highest BCUT2D eigenvalue weighted by atomic mass is 19.4. The standard InChI is InChI=1S/C13H18F3NO3/c1-18-4-5-19-6-7-20-9-10-2-3-11(17)8-12(10)13(14,15)16/h2-3,8H,4-7,9,17H2,1H3. The maximum Gasteiger partial charge on any atom is 0.416 e.